The van der Waals surface area contributed by atoms with Gasteiger partial charge in [0, 0.05) is 33.9 Å². The van der Waals surface area contributed by atoms with Gasteiger partial charge in [0.25, 0.3) is 0 Å². The Balaban J connectivity index is 1.52. The minimum Gasteiger partial charge on any atom is -0.457 e. The Labute approximate surface area is 198 Å². The average Bonchev–Trinajstić information content (AvgIpc) is 2.89. The second-order valence-electron chi connectivity index (χ2n) is 8.82. The van der Waals surface area contributed by atoms with Crippen molar-refractivity contribution >= 4 is 0 Å². The Kier molecular flexibility index (Phi) is 4.69. The van der Waals surface area contributed by atoms with Gasteiger partial charge in [0.2, 0.25) is 0 Å². The zero-order valence-corrected chi connectivity index (χ0v) is 18.9. The topological polar surface area (TPSA) is 60.8 Å². The summed E-state index contributed by atoms with van der Waals surface area (Å²) in [4.78, 5) is 18.9. The van der Waals surface area contributed by atoms with Crippen molar-refractivity contribution in [2.24, 2.45) is 0 Å². The SMILES string of the molecule is CC1(C)c2ccccc2Oc2ccc(-c3nc(-c4ccccc4)nc(-c4ccccn4)n3)cc21. The summed E-state index contributed by atoms with van der Waals surface area (Å²) in [5.41, 5.74) is 4.59. The first kappa shape index (κ1) is 20.2. The van der Waals surface area contributed by atoms with Gasteiger partial charge >= 0.3 is 0 Å². The van der Waals surface area contributed by atoms with Crippen molar-refractivity contribution in [3.8, 4) is 45.8 Å². The third kappa shape index (κ3) is 3.42. The number of pyridine rings is 1. The molecule has 3 aromatic carbocycles. The molecule has 0 bridgehead atoms. The smallest absolute Gasteiger partial charge is 0.182 e. The van der Waals surface area contributed by atoms with Crippen LogP contribution in [0.15, 0.2) is 97.2 Å². The molecule has 5 aromatic rings. The summed E-state index contributed by atoms with van der Waals surface area (Å²) < 4.78 is 6.23. The second-order valence-corrected chi connectivity index (χ2v) is 8.82. The molecule has 34 heavy (non-hydrogen) atoms. The van der Waals surface area contributed by atoms with E-state index in [0.717, 1.165) is 33.8 Å². The summed E-state index contributed by atoms with van der Waals surface area (Å²) in [6.45, 7) is 4.44. The van der Waals surface area contributed by atoms with Gasteiger partial charge in [0.05, 0.1) is 0 Å². The minimum absolute atomic E-state index is 0.223. The van der Waals surface area contributed by atoms with E-state index in [1.54, 1.807) is 6.20 Å². The number of rotatable bonds is 3. The van der Waals surface area contributed by atoms with Gasteiger partial charge in [-0.1, -0.05) is 68.4 Å². The van der Waals surface area contributed by atoms with E-state index in [0.29, 0.717) is 23.2 Å². The van der Waals surface area contributed by atoms with E-state index in [1.165, 1.54) is 0 Å². The molecule has 0 unspecified atom stereocenters. The lowest BCUT2D eigenvalue weighted by atomic mass is 9.75. The highest BCUT2D eigenvalue weighted by Gasteiger charge is 2.34. The molecule has 3 heterocycles. The molecule has 0 aliphatic carbocycles. The monoisotopic (exact) mass is 442 g/mol. The summed E-state index contributed by atoms with van der Waals surface area (Å²) >= 11 is 0. The lowest BCUT2D eigenvalue weighted by Crippen LogP contribution is -2.24. The van der Waals surface area contributed by atoms with E-state index >= 15 is 0 Å². The van der Waals surface area contributed by atoms with Crippen LogP contribution in [0.1, 0.15) is 25.0 Å². The second kappa shape index (κ2) is 7.89. The molecule has 2 aromatic heterocycles. The Hall–Kier alpha value is -4.38. The molecule has 5 nitrogen and oxygen atoms in total. The van der Waals surface area contributed by atoms with Gasteiger partial charge in [-0.25, -0.2) is 15.0 Å². The highest BCUT2D eigenvalue weighted by molar-refractivity contribution is 5.68. The van der Waals surface area contributed by atoms with Crippen molar-refractivity contribution in [3.05, 3.63) is 108 Å². The van der Waals surface area contributed by atoms with Gasteiger partial charge < -0.3 is 4.74 Å². The van der Waals surface area contributed by atoms with Crippen LogP contribution in [0.25, 0.3) is 34.3 Å². The fourth-order valence-corrected chi connectivity index (χ4v) is 4.41. The van der Waals surface area contributed by atoms with E-state index < -0.39 is 0 Å². The van der Waals surface area contributed by atoms with Gasteiger partial charge in [-0.2, -0.15) is 0 Å². The molecule has 1 aliphatic heterocycles. The summed E-state index contributed by atoms with van der Waals surface area (Å²) in [5.74, 6) is 3.52. The van der Waals surface area contributed by atoms with E-state index in [1.807, 2.05) is 72.8 Å². The van der Waals surface area contributed by atoms with Crippen molar-refractivity contribution in [3.63, 3.8) is 0 Å². The zero-order chi connectivity index (χ0) is 23.1. The van der Waals surface area contributed by atoms with Crippen LogP contribution in [0.5, 0.6) is 11.5 Å². The normalized spacial score (nSPS) is 13.5. The highest BCUT2D eigenvalue weighted by atomic mass is 16.5. The predicted octanol–water partition coefficient (Wildman–Crippen LogP) is 6.70. The first-order chi connectivity index (χ1) is 16.6. The fourth-order valence-electron chi connectivity index (χ4n) is 4.41. The molecule has 0 saturated carbocycles. The highest BCUT2D eigenvalue weighted by Crippen LogP contribution is 2.48. The number of nitrogens with zero attached hydrogens (tertiary/aromatic N) is 4. The van der Waals surface area contributed by atoms with E-state index in [4.69, 9.17) is 19.7 Å². The maximum absolute atomic E-state index is 6.23. The molecule has 0 N–H and O–H groups in total. The molecule has 0 spiro atoms. The molecular weight excluding hydrogens is 420 g/mol. The Morgan fingerprint density at radius 2 is 1.26 bits per heavy atom. The molecule has 0 radical (unpaired) electrons. The van der Waals surface area contributed by atoms with Gasteiger partial charge in [-0.05, 0) is 36.4 Å². The number of fused-ring (bicyclic) bond motifs is 2. The lowest BCUT2D eigenvalue weighted by molar-refractivity contribution is 0.418. The summed E-state index contributed by atoms with van der Waals surface area (Å²) in [5, 5.41) is 0. The van der Waals surface area contributed by atoms with Gasteiger partial charge in [-0.15, -0.1) is 0 Å². The predicted molar refractivity (Wildman–Crippen MR) is 133 cm³/mol. The quantitative estimate of drug-likeness (QED) is 0.311. The lowest BCUT2D eigenvalue weighted by Gasteiger charge is -2.34. The standard InChI is InChI=1S/C29H22N4O/c1-29(2)21-12-6-7-14-24(21)34-25-16-15-20(18-22(25)29)27-31-26(19-10-4-3-5-11-19)32-28(33-27)23-13-8-9-17-30-23/h3-18H,1-2H3. The Morgan fingerprint density at radius 1 is 0.588 bits per heavy atom. The number of hydrogen-bond acceptors (Lipinski definition) is 5. The number of aromatic nitrogens is 4. The number of para-hydroxylation sites is 1. The van der Waals surface area contributed by atoms with Crippen molar-refractivity contribution in [1.82, 2.24) is 19.9 Å². The van der Waals surface area contributed by atoms with Crippen LogP contribution >= 0.6 is 0 Å². The maximum atomic E-state index is 6.23. The zero-order valence-electron chi connectivity index (χ0n) is 18.9. The Bertz CT molecular complexity index is 1440. The summed E-state index contributed by atoms with van der Waals surface area (Å²) in [7, 11) is 0. The molecule has 0 atom stereocenters. The van der Waals surface area contributed by atoms with E-state index in [2.05, 4.69) is 37.0 Å². The third-order valence-corrected chi connectivity index (χ3v) is 6.25. The van der Waals surface area contributed by atoms with Gasteiger partial charge in [0.1, 0.15) is 17.2 Å². The maximum Gasteiger partial charge on any atom is 0.182 e. The van der Waals surface area contributed by atoms with Crippen molar-refractivity contribution in [2.45, 2.75) is 19.3 Å². The van der Waals surface area contributed by atoms with Crippen LogP contribution in [0, 0.1) is 0 Å². The minimum atomic E-state index is -0.223. The van der Waals surface area contributed by atoms with Crippen molar-refractivity contribution in [2.75, 3.05) is 0 Å². The van der Waals surface area contributed by atoms with Crippen molar-refractivity contribution < 1.29 is 4.74 Å². The average molecular weight is 443 g/mol. The number of benzene rings is 3. The largest absolute Gasteiger partial charge is 0.457 e. The van der Waals surface area contributed by atoms with Crippen LogP contribution in [0.2, 0.25) is 0 Å². The van der Waals surface area contributed by atoms with Crippen LogP contribution in [0.4, 0.5) is 0 Å². The molecule has 164 valence electrons. The summed E-state index contributed by atoms with van der Waals surface area (Å²) in [6, 6.07) is 30.0. The van der Waals surface area contributed by atoms with Crippen LogP contribution < -0.4 is 4.74 Å². The van der Waals surface area contributed by atoms with Crippen LogP contribution in [0.3, 0.4) is 0 Å². The molecule has 5 heteroatoms. The molecule has 6 rings (SSSR count). The van der Waals surface area contributed by atoms with E-state index in [9.17, 15) is 0 Å². The molecular formula is C29H22N4O. The van der Waals surface area contributed by atoms with Gasteiger partial charge in [-0.3, -0.25) is 4.98 Å². The van der Waals surface area contributed by atoms with Gasteiger partial charge in [0.15, 0.2) is 17.5 Å². The molecule has 1 aliphatic rings. The Morgan fingerprint density at radius 3 is 2.06 bits per heavy atom. The fraction of sp³-hybridized carbons (Fsp3) is 0.103. The van der Waals surface area contributed by atoms with Crippen LogP contribution in [-0.2, 0) is 5.41 Å². The first-order valence-corrected chi connectivity index (χ1v) is 11.2. The number of ether oxygens (including phenoxy) is 1. The molecule has 0 fully saturated rings. The summed E-state index contributed by atoms with van der Waals surface area (Å²) in [6.07, 6.45) is 1.75. The number of hydrogen-bond donors (Lipinski definition) is 0. The first-order valence-electron chi connectivity index (χ1n) is 11.2. The molecule has 0 amide bonds. The van der Waals surface area contributed by atoms with Crippen molar-refractivity contribution in [1.29, 1.82) is 0 Å². The molecule has 0 saturated heterocycles. The van der Waals surface area contributed by atoms with E-state index in [-0.39, 0.29) is 5.41 Å². The third-order valence-electron chi connectivity index (χ3n) is 6.25. The van der Waals surface area contributed by atoms with Crippen LogP contribution in [-0.4, -0.2) is 19.9 Å².